The highest BCUT2D eigenvalue weighted by molar-refractivity contribution is 6.37. The third kappa shape index (κ3) is 3.52. The lowest BCUT2D eigenvalue weighted by Gasteiger charge is -2.12. The Morgan fingerprint density at radius 2 is 1.85 bits per heavy atom. The first-order valence-corrected chi connectivity index (χ1v) is 7.10. The monoisotopic (exact) mass is 310 g/mol. The molecule has 2 aromatic heterocycles. The van der Waals surface area contributed by atoms with E-state index >= 15 is 0 Å². The molecular formula is C14H16Cl2N4. The molecule has 0 bridgehead atoms. The first-order valence-electron chi connectivity index (χ1n) is 6.35. The Morgan fingerprint density at radius 3 is 2.50 bits per heavy atom. The molecule has 20 heavy (non-hydrogen) atoms. The molecule has 6 heteroatoms. The van der Waals surface area contributed by atoms with Gasteiger partial charge in [-0.05, 0) is 37.1 Å². The third-order valence-electron chi connectivity index (χ3n) is 2.86. The second-order valence-corrected chi connectivity index (χ2v) is 5.15. The minimum Gasteiger partial charge on any atom is -0.369 e. The molecule has 0 saturated heterocycles. The van der Waals surface area contributed by atoms with Crippen molar-refractivity contribution in [1.82, 2.24) is 9.97 Å². The molecular weight excluding hydrogens is 295 g/mol. The topological polar surface area (TPSA) is 49.8 Å². The summed E-state index contributed by atoms with van der Waals surface area (Å²) in [6.45, 7) is 5.39. The van der Waals surface area contributed by atoms with Crippen LogP contribution in [-0.2, 0) is 6.54 Å². The molecule has 0 radical (unpaired) electrons. The largest absolute Gasteiger partial charge is 0.369 e. The molecule has 4 nitrogen and oxygen atoms in total. The smallest absolute Gasteiger partial charge is 0.147 e. The van der Waals surface area contributed by atoms with Crippen LogP contribution in [0.4, 0.5) is 11.6 Å². The van der Waals surface area contributed by atoms with Crippen molar-refractivity contribution in [2.75, 3.05) is 17.2 Å². The molecule has 0 unspecified atom stereocenters. The van der Waals surface area contributed by atoms with E-state index < -0.39 is 0 Å². The second kappa shape index (κ2) is 6.77. The maximum atomic E-state index is 6.16. The van der Waals surface area contributed by atoms with Crippen LogP contribution in [0.15, 0.2) is 24.5 Å². The number of anilines is 2. The zero-order valence-corrected chi connectivity index (χ0v) is 12.9. The van der Waals surface area contributed by atoms with Crippen LogP contribution >= 0.6 is 23.2 Å². The van der Waals surface area contributed by atoms with Crippen LogP contribution in [0.2, 0.25) is 10.0 Å². The Labute approximate surface area is 128 Å². The number of hydrogen-bond donors (Lipinski definition) is 2. The van der Waals surface area contributed by atoms with Crippen molar-refractivity contribution in [2.45, 2.75) is 20.4 Å². The molecule has 0 spiro atoms. The average molecular weight is 311 g/mol. The van der Waals surface area contributed by atoms with E-state index in [1.165, 1.54) is 0 Å². The van der Waals surface area contributed by atoms with Crippen LogP contribution in [0.1, 0.15) is 18.1 Å². The van der Waals surface area contributed by atoms with Crippen LogP contribution in [0, 0.1) is 6.92 Å². The fourth-order valence-corrected chi connectivity index (χ4v) is 2.25. The van der Waals surface area contributed by atoms with E-state index in [0.29, 0.717) is 28.2 Å². The molecule has 0 aliphatic carbocycles. The summed E-state index contributed by atoms with van der Waals surface area (Å²) in [5, 5.41) is 7.35. The van der Waals surface area contributed by atoms with Gasteiger partial charge in [-0.25, -0.2) is 4.98 Å². The normalized spacial score (nSPS) is 10.4. The molecule has 2 heterocycles. The molecule has 0 aromatic carbocycles. The van der Waals surface area contributed by atoms with Gasteiger partial charge in [-0.3, -0.25) is 4.98 Å². The van der Waals surface area contributed by atoms with Crippen molar-refractivity contribution < 1.29 is 0 Å². The summed E-state index contributed by atoms with van der Waals surface area (Å²) < 4.78 is 0. The molecule has 0 amide bonds. The summed E-state index contributed by atoms with van der Waals surface area (Å²) in [6, 6.07) is 3.66. The maximum absolute atomic E-state index is 6.16. The summed E-state index contributed by atoms with van der Waals surface area (Å²) in [6.07, 6.45) is 3.60. The zero-order valence-electron chi connectivity index (χ0n) is 11.4. The van der Waals surface area contributed by atoms with Gasteiger partial charge < -0.3 is 10.6 Å². The predicted octanol–water partition coefficient (Wildman–Crippen LogP) is 4.14. The van der Waals surface area contributed by atoms with E-state index in [-0.39, 0.29) is 0 Å². The van der Waals surface area contributed by atoms with Crippen LogP contribution in [-0.4, -0.2) is 16.5 Å². The predicted molar refractivity (Wildman–Crippen MR) is 84.7 cm³/mol. The molecule has 0 fully saturated rings. The van der Waals surface area contributed by atoms with Crippen LogP contribution in [0.3, 0.4) is 0 Å². The minimum absolute atomic E-state index is 0.503. The Balaban J connectivity index is 2.17. The number of aromatic nitrogens is 2. The number of nitrogens with zero attached hydrogens (tertiary/aromatic N) is 2. The minimum atomic E-state index is 0.503. The summed E-state index contributed by atoms with van der Waals surface area (Å²) in [5.41, 5.74) is 2.27. The third-order valence-corrected chi connectivity index (χ3v) is 3.43. The summed E-state index contributed by atoms with van der Waals surface area (Å²) in [5.74, 6) is 1.25. The van der Waals surface area contributed by atoms with Crippen LogP contribution < -0.4 is 10.6 Å². The zero-order chi connectivity index (χ0) is 14.5. The average Bonchev–Trinajstić information content (AvgIpc) is 2.42. The highest BCUT2D eigenvalue weighted by Gasteiger charge is 2.09. The van der Waals surface area contributed by atoms with Gasteiger partial charge in [0.05, 0.1) is 10.0 Å². The highest BCUT2D eigenvalue weighted by Crippen LogP contribution is 2.29. The molecule has 0 atom stereocenters. The molecule has 2 rings (SSSR count). The number of rotatable bonds is 5. The van der Waals surface area contributed by atoms with Gasteiger partial charge in [0.15, 0.2) is 0 Å². The van der Waals surface area contributed by atoms with E-state index in [4.69, 9.17) is 23.2 Å². The van der Waals surface area contributed by atoms with Gasteiger partial charge in [-0.15, -0.1) is 0 Å². The van der Waals surface area contributed by atoms with Gasteiger partial charge >= 0.3 is 0 Å². The number of hydrogen-bond acceptors (Lipinski definition) is 4. The fraction of sp³-hybridized carbons (Fsp3) is 0.286. The van der Waals surface area contributed by atoms with E-state index in [1.54, 1.807) is 12.3 Å². The summed E-state index contributed by atoms with van der Waals surface area (Å²) >= 11 is 12.2. The number of aryl methyl sites for hydroxylation is 1. The Morgan fingerprint density at radius 1 is 1.15 bits per heavy atom. The van der Waals surface area contributed by atoms with Crippen molar-refractivity contribution in [3.8, 4) is 0 Å². The fourth-order valence-electron chi connectivity index (χ4n) is 1.76. The Bertz CT molecular complexity index is 602. The lowest BCUT2D eigenvalue weighted by molar-refractivity contribution is 1.06. The molecule has 0 saturated carbocycles. The first-order chi connectivity index (χ1) is 9.61. The van der Waals surface area contributed by atoms with Gasteiger partial charge in [-0.1, -0.05) is 23.2 Å². The van der Waals surface area contributed by atoms with Crippen LogP contribution in [0.5, 0.6) is 0 Å². The van der Waals surface area contributed by atoms with Crippen molar-refractivity contribution in [3.63, 3.8) is 0 Å². The van der Waals surface area contributed by atoms with Crippen molar-refractivity contribution >= 4 is 34.8 Å². The van der Waals surface area contributed by atoms with E-state index in [9.17, 15) is 0 Å². The Kier molecular flexibility index (Phi) is 5.04. The van der Waals surface area contributed by atoms with Gasteiger partial charge in [0, 0.05) is 25.5 Å². The van der Waals surface area contributed by atoms with Gasteiger partial charge in [0.1, 0.15) is 11.6 Å². The molecule has 0 aliphatic rings. The second-order valence-electron chi connectivity index (χ2n) is 4.34. The summed E-state index contributed by atoms with van der Waals surface area (Å²) in [4.78, 5) is 8.48. The van der Waals surface area contributed by atoms with Gasteiger partial charge in [0.2, 0.25) is 0 Å². The number of pyridine rings is 2. The lowest BCUT2D eigenvalue weighted by atomic mass is 10.1. The van der Waals surface area contributed by atoms with E-state index in [0.717, 1.165) is 17.7 Å². The van der Waals surface area contributed by atoms with E-state index in [1.807, 2.05) is 26.1 Å². The van der Waals surface area contributed by atoms with Gasteiger partial charge in [-0.2, -0.15) is 0 Å². The van der Waals surface area contributed by atoms with E-state index in [2.05, 4.69) is 20.6 Å². The SMILES string of the molecule is CCNc1nc(NCc2ccncc2C)c(Cl)cc1Cl. The molecule has 2 N–H and O–H groups in total. The van der Waals surface area contributed by atoms with Crippen molar-refractivity contribution in [3.05, 3.63) is 45.7 Å². The van der Waals surface area contributed by atoms with Crippen molar-refractivity contribution in [1.29, 1.82) is 0 Å². The quantitative estimate of drug-likeness (QED) is 0.871. The lowest BCUT2D eigenvalue weighted by Crippen LogP contribution is -2.07. The standard InChI is InChI=1S/C14H16Cl2N4/c1-3-18-13-11(15)6-12(16)14(20-13)19-8-10-4-5-17-7-9(10)2/h4-7H,3,8H2,1-2H3,(H2,18,19,20). The molecule has 2 aromatic rings. The molecule has 0 aliphatic heterocycles. The van der Waals surface area contributed by atoms with Crippen LogP contribution in [0.25, 0.3) is 0 Å². The van der Waals surface area contributed by atoms with Crippen molar-refractivity contribution in [2.24, 2.45) is 0 Å². The molecule has 106 valence electrons. The summed E-state index contributed by atoms with van der Waals surface area (Å²) in [7, 11) is 0. The first kappa shape index (κ1) is 14.9. The Hall–Kier alpha value is -1.52. The highest BCUT2D eigenvalue weighted by atomic mass is 35.5. The van der Waals surface area contributed by atoms with Gasteiger partial charge in [0.25, 0.3) is 0 Å². The maximum Gasteiger partial charge on any atom is 0.147 e. The number of nitrogens with one attached hydrogen (secondary N) is 2. The number of halogens is 2.